The fraction of sp³-hybridized carbons (Fsp3) is 0.500. The van der Waals surface area contributed by atoms with Gasteiger partial charge in [-0.3, -0.25) is 4.79 Å². The average Bonchev–Trinajstić information content (AvgIpc) is 2.51. The Balaban J connectivity index is 2.21. The smallest absolute Gasteiger partial charge is 0.239 e. The number of amides is 1. The molecule has 1 amide bonds. The lowest BCUT2D eigenvalue weighted by atomic mass is 9.99. The lowest BCUT2D eigenvalue weighted by molar-refractivity contribution is -0.126. The summed E-state index contributed by atoms with van der Waals surface area (Å²) in [7, 11) is 0. The summed E-state index contributed by atoms with van der Waals surface area (Å²) in [6.07, 6.45) is 1.80. The Morgan fingerprint density at radius 3 is 2.89 bits per heavy atom. The van der Waals surface area contributed by atoms with Crippen molar-refractivity contribution in [1.29, 1.82) is 0 Å². The zero-order valence-corrected chi connectivity index (χ0v) is 10.9. The molecule has 0 radical (unpaired) electrons. The fourth-order valence-electron chi connectivity index (χ4n) is 2.02. The molecule has 4 nitrogen and oxygen atoms in total. The molecule has 18 heavy (non-hydrogen) atoms. The second-order valence-electron chi connectivity index (χ2n) is 5.28. The minimum atomic E-state index is -0.859. The monoisotopic (exact) mass is 248 g/mol. The van der Waals surface area contributed by atoms with Crippen LogP contribution >= 0.6 is 0 Å². The maximum absolute atomic E-state index is 12.0. The Bertz CT molecular complexity index is 438. The minimum absolute atomic E-state index is 0.0148. The van der Waals surface area contributed by atoms with Crippen LogP contribution in [-0.2, 0) is 4.79 Å². The molecule has 0 spiro atoms. The molecule has 0 aliphatic carbocycles. The maximum Gasteiger partial charge on any atom is 0.239 e. The molecule has 1 atom stereocenters. The highest BCUT2D eigenvalue weighted by Gasteiger charge is 2.27. The van der Waals surface area contributed by atoms with E-state index in [0.29, 0.717) is 6.61 Å². The molecule has 4 heteroatoms. The van der Waals surface area contributed by atoms with E-state index in [0.717, 1.165) is 24.2 Å². The van der Waals surface area contributed by atoms with E-state index in [9.17, 15) is 4.79 Å². The lowest BCUT2D eigenvalue weighted by Gasteiger charge is -2.24. The topological polar surface area (TPSA) is 64.4 Å². The van der Waals surface area contributed by atoms with E-state index >= 15 is 0 Å². The number of para-hydroxylation sites is 1. The van der Waals surface area contributed by atoms with Gasteiger partial charge in [0, 0.05) is 5.56 Å². The Morgan fingerprint density at radius 1 is 1.44 bits per heavy atom. The van der Waals surface area contributed by atoms with Gasteiger partial charge in [0.05, 0.1) is 18.2 Å². The largest absolute Gasteiger partial charge is 0.493 e. The summed E-state index contributed by atoms with van der Waals surface area (Å²) in [5.41, 5.74) is 5.99. The third kappa shape index (κ3) is 2.82. The zero-order chi connectivity index (χ0) is 13.2. The first-order valence-corrected chi connectivity index (χ1v) is 6.30. The lowest BCUT2D eigenvalue weighted by Crippen LogP contribution is -2.50. The third-order valence-corrected chi connectivity index (χ3v) is 3.08. The number of hydrogen-bond acceptors (Lipinski definition) is 3. The van der Waals surface area contributed by atoms with Gasteiger partial charge in [-0.25, -0.2) is 0 Å². The number of nitrogens with two attached hydrogens (primary N) is 1. The van der Waals surface area contributed by atoms with Gasteiger partial charge in [0.15, 0.2) is 0 Å². The Hall–Kier alpha value is -1.55. The molecule has 0 saturated heterocycles. The van der Waals surface area contributed by atoms with Crippen LogP contribution in [0, 0.1) is 0 Å². The predicted molar refractivity (Wildman–Crippen MR) is 70.3 cm³/mol. The highest BCUT2D eigenvalue weighted by atomic mass is 16.5. The Morgan fingerprint density at radius 2 is 2.17 bits per heavy atom. The number of carbonyl (C=O) groups excluding carboxylic acids is 1. The van der Waals surface area contributed by atoms with Gasteiger partial charge in [-0.2, -0.15) is 0 Å². The molecule has 98 valence electrons. The van der Waals surface area contributed by atoms with E-state index < -0.39 is 5.54 Å². The number of rotatable bonds is 2. The highest BCUT2D eigenvalue weighted by molar-refractivity contribution is 5.85. The van der Waals surface area contributed by atoms with Crippen molar-refractivity contribution >= 4 is 5.91 Å². The normalized spacial score (nSPS) is 19.4. The first kappa shape index (κ1) is 12.9. The van der Waals surface area contributed by atoms with Crippen molar-refractivity contribution in [2.75, 3.05) is 6.61 Å². The van der Waals surface area contributed by atoms with Crippen molar-refractivity contribution in [1.82, 2.24) is 5.32 Å². The van der Waals surface area contributed by atoms with E-state index in [4.69, 9.17) is 10.5 Å². The van der Waals surface area contributed by atoms with Gasteiger partial charge < -0.3 is 15.8 Å². The van der Waals surface area contributed by atoms with Crippen LogP contribution in [0.4, 0.5) is 0 Å². The van der Waals surface area contributed by atoms with Crippen molar-refractivity contribution in [3.8, 4) is 5.75 Å². The number of ether oxygens (including phenoxy) is 1. The molecule has 1 aliphatic rings. The van der Waals surface area contributed by atoms with Gasteiger partial charge in [0.2, 0.25) is 5.91 Å². The van der Waals surface area contributed by atoms with Crippen molar-refractivity contribution in [2.24, 2.45) is 5.73 Å². The standard InChI is InChI=1S/C14H20N2O2/c1-14(2,15)13(17)16-11-7-5-9-18-12-8-4-3-6-10(11)12/h3-4,6,8,11H,5,7,9,15H2,1-2H3,(H,16,17). The van der Waals surface area contributed by atoms with E-state index in [-0.39, 0.29) is 11.9 Å². The van der Waals surface area contributed by atoms with Gasteiger partial charge in [-0.1, -0.05) is 18.2 Å². The summed E-state index contributed by atoms with van der Waals surface area (Å²) in [4.78, 5) is 12.0. The average molecular weight is 248 g/mol. The van der Waals surface area contributed by atoms with Gasteiger partial charge in [-0.15, -0.1) is 0 Å². The van der Waals surface area contributed by atoms with Gasteiger partial charge >= 0.3 is 0 Å². The summed E-state index contributed by atoms with van der Waals surface area (Å²) in [6.45, 7) is 4.11. The number of carbonyl (C=O) groups is 1. The molecule has 1 aromatic carbocycles. The molecule has 1 unspecified atom stereocenters. The van der Waals surface area contributed by atoms with Crippen LogP contribution in [0.2, 0.25) is 0 Å². The van der Waals surface area contributed by atoms with Crippen LogP contribution in [0.5, 0.6) is 5.75 Å². The molecule has 1 heterocycles. The molecule has 1 aromatic rings. The van der Waals surface area contributed by atoms with Crippen LogP contribution in [-0.4, -0.2) is 18.1 Å². The number of nitrogens with one attached hydrogen (secondary N) is 1. The van der Waals surface area contributed by atoms with E-state index in [1.54, 1.807) is 13.8 Å². The zero-order valence-electron chi connectivity index (χ0n) is 10.9. The van der Waals surface area contributed by atoms with Crippen molar-refractivity contribution < 1.29 is 9.53 Å². The Kier molecular flexibility index (Phi) is 3.57. The van der Waals surface area contributed by atoms with Crippen molar-refractivity contribution in [2.45, 2.75) is 38.3 Å². The van der Waals surface area contributed by atoms with Gasteiger partial charge in [0.25, 0.3) is 0 Å². The van der Waals surface area contributed by atoms with Crippen LogP contribution < -0.4 is 15.8 Å². The molecule has 1 aliphatic heterocycles. The predicted octanol–water partition coefficient (Wildman–Crippen LogP) is 1.75. The second-order valence-corrected chi connectivity index (χ2v) is 5.28. The SMILES string of the molecule is CC(C)(N)C(=O)NC1CCCOc2ccccc21. The number of hydrogen-bond donors (Lipinski definition) is 2. The molecule has 0 fully saturated rings. The van der Waals surface area contributed by atoms with Crippen LogP contribution in [0.1, 0.15) is 38.3 Å². The molecule has 0 bridgehead atoms. The molecular formula is C14H20N2O2. The summed E-state index contributed by atoms with van der Waals surface area (Å²) < 4.78 is 5.66. The first-order valence-electron chi connectivity index (χ1n) is 6.30. The third-order valence-electron chi connectivity index (χ3n) is 3.08. The minimum Gasteiger partial charge on any atom is -0.493 e. The summed E-state index contributed by atoms with van der Waals surface area (Å²) in [6, 6.07) is 7.82. The maximum atomic E-state index is 12.0. The summed E-state index contributed by atoms with van der Waals surface area (Å²) in [5.74, 6) is 0.722. The van der Waals surface area contributed by atoms with E-state index in [1.807, 2.05) is 24.3 Å². The highest BCUT2D eigenvalue weighted by Crippen LogP contribution is 2.31. The molecule has 0 aromatic heterocycles. The summed E-state index contributed by atoms with van der Waals surface area (Å²) in [5, 5.41) is 3.01. The summed E-state index contributed by atoms with van der Waals surface area (Å²) >= 11 is 0. The van der Waals surface area contributed by atoms with Gasteiger partial charge in [-0.05, 0) is 32.8 Å². The molecule has 2 rings (SSSR count). The fourth-order valence-corrected chi connectivity index (χ4v) is 2.02. The molecule has 3 N–H and O–H groups in total. The van der Waals surface area contributed by atoms with Crippen molar-refractivity contribution in [3.05, 3.63) is 29.8 Å². The second kappa shape index (κ2) is 4.98. The van der Waals surface area contributed by atoms with Crippen LogP contribution in [0.15, 0.2) is 24.3 Å². The van der Waals surface area contributed by atoms with E-state index in [1.165, 1.54) is 0 Å². The number of benzene rings is 1. The van der Waals surface area contributed by atoms with Gasteiger partial charge in [0.1, 0.15) is 5.75 Å². The number of fused-ring (bicyclic) bond motifs is 1. The molecule has 0 saturated carbocycles. The van der Waals surface area contributed by atoms with Crippen LogP contribution in [0.3, 0.4) is 0 Å². The molecular weight excluding hydrogens is 228 g/mol. The quantitative estimate of drug-likeness (QED) is 0.838. The first-order chi connectivity index (χ1) is 8.48. The van der Waals surface area contributed by atoms with Crippen LogP contribution in [0.25, 0.3) is 0 Å². The van der Waals surface area contributed by atoms with E-state index in [2.05, 4.69) is 5.32 Å². The van der Waals surface area contributed by atoms with Crippen molar-refractivity contribution in [3.63, 3.8) is 0 Å². The Labute approximate surface area is 108 Å².